The second kappa shape index (κ2) is 5.98. The molecule has 2 rings (SSSR count). The second-order valence-electron chi connectivity index (χ2n) is 4.14. The van der Waals surface area contributed by atoms with Gasteiger partial charge in [-0.05, 0) is 18.7 Å². The summed E-state index contributed by atoms with van der Waals surface area (Å²) in [4.78, 5) is 8.72. The lowest BCUT2D eigenvalue weighted by atomic mass is 10.1. The molecule has 0 saturated carbocycles. The fraction of sp³-hybridized carbons (Fsp3) is 0.385. The number of likely N-dealkylation sites (N-methyl/N-ethyl adjacent to an activating group) is 1. The molecule has 2 heterocycles. The summed E-state index contributed by atoms with van der Waals surface area (Å²) >= 11 is 6.20. The van der Waals surface area contributed by atoms with Crippen molar-refractivity contribution >= 4 is 11.6 Å². The number of hydrogen-bond donors (Lipinski definition) is 1. The van der Waals surface area contributed by atoms with E-state index in [0.717, 1.165) is 24.5 Å². The molecular weight excluding hydrogens is 248 g/mol. The normalized spacial score (nSPS) is 12.6. The lowest BCUT2D eigenvalue weighted by Crippen LogP contribution is -2.25. The smallest absolute Gasteiger partial charge is 0.110 e. The number of rotatable bonds is 5. The van der Waals surface area contributed by atoms with Crippen molar-refractivity contribution in [2.45, 2.75) is 19.4 Å². The van der Waals surface area contributed by atoms with Crippen molar-refractivity contribution in [1.29, 1.82) is 0 Å². The number of hydrogen-bond acceptors (Lipinski definition) is 3. The molecule has 0 aromatic carbocycles. The lowest BCUT2D eigenvalue weighted by molar-refractivity contribution is 0.517. The van der Waals surface area contributed by atoms with Crippen molar-refractivity contribution in [3.05, 3.63) is 47.3 Å². The molecule has 0 fully saturated rings. The van der Waals surface area contributed by atoms with Crippen molar-refractivity contribution < 1.29 is 0 Å². The van der Waals surface area contributed by atoms with Crippen LogP contribution in [-0.4, -0.2) is 21.1 Å². The van der Waals surface area contributed by atoms with Crippen LogP contribution in [0.3, 0.4) is 0 Å². The minimum absolute atomic E-state index is 0.0878. The highest BCUT2D eigenvalue weighted by atomic mass is 35.5. The van der Waals surface area contributed by atoms with Crippen LogP contribution in [0.4, 0.5) is 0 Å². The molecule has 0 aliphatic rings. The third kappa shape index (κ3) is 2.89. The molecule has 0 saturated heterocycles. The van der Waals surface area contributed by atoms with E-state index in [1.54, 1.807) is 12.4 Å². The molecule has 18 heavy (non-hydrogen) atoms. The van der Waals surface area contributed by atoms with Gasteiger partial charge in [-0.15, -0.1) is 0 Å². The van der Waals surface area contributed by atoms with Gasteiger partial charge in [0.1, 0.15) is 5.82 Å². The Balaban J connectivity index is 2.24. The van der Waals surface area contributed by atoms with Crippen LogP contribution < -0.4 is 5.32 Å². The van der Waals surface area contributed by atoms with Gasteiger partial charge < -0.3 is 9.88 Å². The van der Waals surface area contributed by atoms with Crippen LogP contribution in [0, 0.1) is 0 Å². The van der Waals surface area contributed by atoms with Gasteiger partial charge in [-0.2, -0.15) is 0 Å². The zero-order valence-corrected chi connectivity index (χ0v) is 11.4. The molecular formula is C13H17ClN4. The molecule has 0 aliphatic heterocycles. The summed E-state index contributed by atoms with van der Waals surface area (Å²) in [6.45, 7) is 2.93. The summed E-state index contributed by atoms with van der Waals surface area (Å²) in [5, 5.41) is 4.10. The van der Waals surface area contributed by atoms with Crippen LogP contribution in [0.2, 0.25) is 5.02 Å². The molecule has 0 radical (unpaired) electrons. The summed E-state index contributed by atoms with van der Waals surface area (Å²) in [6.07, 6.45) is 6.29. The van der Waals surface area contributed by atoms with Crippen LogP contribution in [-0.2, 0) is 13.5 Å². The fourth-order valence-electron chi connectivity index (χ4n) is 1.94. The van der Waals surface area contributed by atoms with Gasteiger partial charge >= 0.3 is 0 Å². The van der Waals surface area contributed by atoms with Gasteiger partial charge in [0.2, 0.25) is 0 Å². The van der Waals surface area contributed by atoms with E-state index >= 15 is 0 Å². The first-order valence-corrected chi connectivity index (χ1v) is 6.40. The standard InChI is InChI=1S/C13H17ClN4/c1-3-15-11(9-12-16-7-8-18(12)2)13-10(14)5-4-6-17-13/h4-8,11,15H,3,9H2,1-2H3. The molecule has 2 aromatic heterocycles. The van der Waals surface area contributed by atoms with E-state index in [4.69, 9.17) is 11.6 Å². The molecule has 1 N–H and O–H groups in total. The van der Waals surface area contributed by atoms with E-state index in [1.807, 2.05) is 29.9 Å². The van der Waals surface area contributed by atoms with E-state index in [1.165, 1.54) is 0 Å². The number of imidazole rings is 1. The predicted molar refractivity (Wildman–Crippen MR) is 72.6 cm³/mol. The van der Waals surface area contributed by atoms with Gasteiger partial charge in [0.25, 0.3) is 0 Å². The molecule has 0 bridgehead atoms. The Morgan fingerprint density at radius 1 is 1.39 bits per heavy atom. The minimum Gasteiger partial charge on any atom is -0.338 e. The molecule has 0 spiro atoms. The van der Waals surface area contributed by atoms with E-state index in [2.05, 4.69) is 22.2 Å². The second-order valence-corrected chi connectivity index (χ2v) is 4.55. The molecule has 1 unspecified atom stereocenters. The topological polar surface area (TPSA) is 42.7 Å². The average Bonchev–Trinajstić information content (AvgIpc) is 2.75. The summed E-state index contributed by atoms with van der Waals surface area (Å²) in [5.74, 6) is 1.02. The third-order valence-corrected chi connectivity index (χ3v) is 3.19. The van der Waals surface area contributed by atoms with Crippen molar-refractivity contribution in [3.63, 3.8) is 0 Å². The summed E-state index contributed by atoms with van der Waals surface area (Å²) in [5.41, 5.74) is 0.879. The molecule has 1 atom stereocenters. The Morgan fingerprint density at radius 2 is 2.22 bits per heavy atom. The Hall–Kier alpha value is -1.39. The molecule has 5 heteroatoms. The first-order chi connectivity index (χ1) is 8.72. The highest BCUT2D eigenvalue weighted by molar-refractivity contribution is 6.31. The number of nitrogens with one attached hydrogen (secondary N) is 1. The average molecular weight is 265 g/mol. The summed E-state index contributed by atoms with van der Waals surface area (Å²) in [6, 6.07) is 3.80. The summed E-state index contributed by atoms with van der Waals surface area (Å²) < 4.78 is 2.02. The highest BCUT2D eigenvalue weighted by Gasteiger charge is 2.17. The third-order valence-electron chi connectivity index (χ3n) is 2.88. The molecule has 4 nitrogen and oxygen atoms in total. The van der Waals surface area contributed by atoms with Gasteiger partial charge in [0.05, 0.1) is 16.8 Å². The SMILES string of the molecule is CCNC(Cc1nccn1C)c1ncccc1Cl. The van der Waals surface area contributed by atoms with Crippen molar-refractivity contribution in [1.82, 2.24) is 19.9 Å². The quantitative estimate of drug-likeness (QED) is 0.902. The number of halogens is 1. The van der Waals surface area contributed by atoms with E-state index in [-0.39, 0.29) is 6.04 Å². The molecule has 2 aromatic rings. The van der Waals surface area contributed by atoms with Crippen molar-refractivity contribution in [3.8, 4) is 0 Å². The lowest BCUT2D eigenvalue weighted by Gasteiger charge is -2.18. The zero-order valence-electron chi connectivity index (χ0n) is 10.6. The van der Waals surface area contributed by atoms with E-state index < -0.39 is 0 Å². The van der Waals surface area contributed by atoms with Crippen LogP contribution >= 0.6 is 11.6 Å². The summed E-state index contributed by atoms with van der Waals surface area (Å²) in [7, 11) is 1.99. The predicted octanol–water partition coefficient (Wildman–Crippen LogP) is 2.36. The minimum atomic E-state index is 0.0878. The monoisotopic (exact) mass is 264 g/mol. The molecule has 96 valence electrons. The maximum atomic E-state index is 6.20. The van der Waals surface area contributed by atoms with Gasteiger partial charge in [-0.25, -0.2) is 4.98 Å². The van der Waals surface area contributed by atoms with Gasteiger partial charge in [0, 0.05) is 32.1 Å². The first-order valence-electron chi connectivity index (χ1n) is 6.02. The highest BCUT2D eigenvalue weighted by Crippen LogP contribution is 2.22. The van der Waals surface area contributed by atoms with Crippen LogP contribution in [0.5, 0.6) is 0 Å². The molecule has 0 aliphatic carbocycles. The van der Waals surface area contributed by atoms with Gasteiger partial charge in [-0.1, -0.05) is 18.5 Å². The first kappa shape index (κ1) is 13.1. The Morgan fingerprint density at radius 3 is 2.83 bits per heavy atom. The maximum absolute atomic E-state index is 6.20. The Kier molecular flexibility index (Phi) is 4.33. The Labute approximate surface area is 112 Å². The van der Waals surface area contributed by atoms with Gasteiger partial charge in [-0.3, -0.25) is 4.98 Å². The number of aromatic nitrogens is 3. The van der Waals surface area contributed by atoms with Crippen LogP contribution in [0.25, 0.3) is 0 Å². The largest absolute Gasteiger partial charge is 0.338 e. The molecule has 0 amide bonds. The van der Waals surface area contributed by atoms with Crippen molar-refractivity contribution in [2.24, 2.45) is 7.05 Å². The Bertz CT molecular complexity index is 509. The number of nitrogens with zero attached hydrogens (tertiary/aromatic N) is 3. The van der Waals surface area contributed by atoms with Crippen LogP contribution in [0.15, 0.2) is 30.7 Å². The zero-order chi connectivity index (χ0) is 13.0. The van der Waals surface area contributed by atoms with E-state index in [0.29, 0.717) is 5.02 Å². The van der Waals surface area contributed by atoms with Crippen LogP contribution in [0.1, 0.15) is 24.5 Å². The fourth-order valence-corrected chi connectivity index (χ4v) is 2.20. The maximum Gasteiger partial charge on any atom is 0.110 e. The van der Waals surface area contributed by atoms with Crippen molar-refractivity contribution in [2.75, 3.05) is 6.54 Å². The van der Waals surface area contributed by atoms with Gasteiger partial charge in [0.15, 0.2) is 0 Å². The van der Waals surface area contributed by atoms with E-state index in [9.17, 15) is 0 Å². The number of aryl methyl sites for hydroxylation is 1. The number of pyridine rings is 1.